The van der Waals surface area contributed by atoms with Crippen molar-refractivity contribution in [3.05, 3.63) is 29.2 Å². The van der Waals surface area contributed by atoms with Gasteiger partial charge in [0.25, 0.3) is 0 Å². The van der Waals surface area contributed by atoms with Gasteiger partial charge in [0.15, 0.2) is 5.65 Å². The Kier molecular flexibility index (Phi) is 1.66. The molecule has 2 aromatic heterocycles. The summed E-state index contributed by atoms with van der Waals surface area (Å²) in [6.45, 7) is 0. The standard InChI is InChI=1S/C7H4ClN3O2/c8-4-1-9-6-5(7(12)13)2-10-11(6)3-4/h1-3H,(H,12,13). The zero-order chi connectivity index (χ0) is 9.42. The van der Waals surface area contributed by atoms with E-state index in [2.05, 4.69) is 10.1 Å². The molecular formula is C7H4ClN3O2. The first-order chi connectivity index (χ1) is 6.18. The van der Waals surface area contributed by atoms with Gasteiger partial charge in [0, 0.05) is 6.20 Å². The van der Waals surface area contributed by atoms with E-state index >= 15 is 0 Å². The predicted octanol–water partition coefficient (Wildman–Crippen LogP) is 1.08. The van der Waals surface area contributed by atoms with Crippen LogP contribution in [0.5, 0.6) is 0 Å². The zero-order valence-corrected chi connectivity index (χ0v) is 7.06. The molecule has 2 aromatic rings. The maximum Gasteiger partial charge on any atom is 0.341 e. The summed E-state index contributed by atoms with van der Waals surface area (Å²) < 4.78 is 1.33. The minimum atomic E-state index is -1.05. The monoisotopic (exact) mass is 197 g/mol. The number of aromatic carboxylic acids is 1. The lowest BCUT2D eigenvalue weighted by atomic mass is 10.3. The van der Waals surface area contributed by atoms with Crippen LogP contribution in [0.25, 0.3) is 5.65 Å². The summed E-state index contributed by atoms with van der Waals surface area (Å²) in [5, 5.41) is 12.9. The van der Waals surface area contributed by atoms with Gasteiger partial charge in [-0.1, -0.05) is 11.6 Å². The zero-order valence-electron chi connectivity index (χ0n) is 6.31. The van der Waals surface area contributed by atoms with Gasteiger partial charge in [-0.05, 0) is 0 Å². The van der Waals surface area contributed by atoms with E-state index in [9.17, 15) is 4.79 Å². The molecule has 0 aliphatic carbocycles. The number of rotatable bonds is 1. The lowest BCUT2D eigenvalue weighted by molar-refractivity contribution is 0.0699. The van der Waals surface area contributed by atoms with E-state index < -0.39 is 5.97 Å². The van der Waals surface area contributed by atoms with Crippen molar-refractivity contribution < 1.29 is 9.90 Å². The average molecular weight is 198 g/mol. The van der Waals surface area contributed by atoms with E-state index in [1.54, 1.807) is 0 Å². The van der Waals surface area contributed by atoms with Crippen LogP contribution in [0, 0.1) is 0 Å². The lowest BCUT2D eigenvalue weighted by Gasteiger charge is -1.93. The van der Waals surface area contributed by atoms with Crippen molar-refractivity contribution in [3.8, 4) is 0 Å². The first-order valence-corrected chi connectivity index (χ1v) is 3.78. The molecule has 66 valence electrons. The highest BCUT2D eigenvalue weighted by atomic mass is 35.5. The van der Waals surface area contributed by atoms with E-state index in [1.165, 1.54) is 23.1 Å². The molecule has 0 saturated carbocycles. The molecule has 0 spiro atoms. The van der Waals surface area contributed by atoms with Gasteiger partial charge in [-0.2, -0.15) is 5.10 Å². The van der Waals surface area contributed by atoms with Crippen molar-refractivity contribution in [2.75, 3.05) is 0 Å². The summed E-state index contributed by atoms with van der Waals surface area (Å²) in [4.78, 5) is 14.5. The number of fused-ring (bicyclic) bond motifs is 1. The van der Waals surface area contributed by atoms with Crippen LogP contribution in [0.2, 0.25) is 5.02 Å². The minimum absolute atomic E-state index is 0.0664. The molecule has 0 unspecified atom stereocenters. The van der Waals surface area contributed by atoms with Gasteiger partial charge in [-0.25, -0.2) is 14.3 Å². The number of carbonyl (C=O) groups is 1. The molecule has 0 aliphatic heterocycles. The SMILES string of the molecule is O=C(O)c1cnn2cc(Cl)cnc12. The van der Waals surface area contributed by atoms with Crippen LogP contribution in [-0.2, 0) is 0 Å². The van der Waals surface area contributed by atoms with Crippen molar-refractivity contribution in [3.63, 3.8) is 0 Å². The molecule has 0 bridgehead atoms. The second-order valence-corrected chi connectivity index (χ2v) is 2.84. The molecule has 0 radical (unpaired) electrons. The van der Waals surface area contributed by atoms with Gasteiger partial charge in [0.1, 0.15) is 5.56 Å². The molecule has 0 amide bonds. The summed E-state index contributed by atoms with van der Waals surface area (Å²) in [6, 6.07) is 0. The topological polar surface area (TPSA) is 67.5 Å². The molecule has 2 heterocycles. The highest BCUT2D eigenvalue weighted by Gasteiger charge is 2.11. The summed E-state index contributed by atoms with van der Waals surface area (Å²) >= 11 is 5.64. The van der Waals surface area contributed by atoms with Gasteiger partial charge in [0.05, 0.1) is 17.4 Å². The number of hydrogen-bond acceptors (Lipinski definition) is 3. The molecule has 1 N–H and O–H groups in total. The maximum atomic E-state index is 10.6. The Morgan fingerprint density at radius 3 is 3.00 bits per heavy atom. The Bertz CT molecular complexity index is 480. The van der Waals surface area contributed by atoms with Gasteiger partial charge in [-0.3, -0.25) is 0 Å². The Labute approximate surface area is 77.6 Å². The molecule has 5 nitrogen and oxygen atoms in total. The summed E-state index contributed by atoms with van der Waals surface area (Å²) in [6.07, 6.45) is 4.11. The van der Waals surface area contributed by atoms with Gasteiger partial charge in [-0.15, -0.1) is 0 Å². The summed E-state index contributed by atoms with van der Waals surface area (Å²) in [5.41, 5.74) is 0.355. The van der Waals surface area contributed by atoms with Crippen molar-refractivity contribution in [2.24, 2.45) is 0 Å². The minimum Gasteiger partial charge on any atom is -0.477 e. The fourth-order valence-electron chi connectivity index (χ4n) is 1.00. The molecule has 0 fully saturated rings. The fraction of sp³-hybridized carbons (Fsp3) is 0. The summed E-state index contributed by atoms with van der Waals surface area (Å²) in [7, 11) is 0. The maximum absolute atomic E-state index is 10.6. The molecule has 0 atom stereocenters. The first-order valence-electron chi connectivity index (χ1n) is 3.40. The van der Waals surface area contributed by atoms with Crippen molar-refractivity contribution >= 4 is 23.2 Å². The van der Waals surface area contributed by atoms with Crippen LogP contribution in [-0.4, -0.2) is 25.7 Å². The highest BCUT2D eigenvalue weighted by Crippen LogP contribution is 2.11. The van der Waals surface area contributed by atoms with Crippen LogP contribution in [0.15, 0.2) is 18.6 Å². The quantitative estimate of drug-likeness (QED) is 0.743. The Morgan fingerprint density at radius 2 is 2.31 bits per heavy atom. The highest BCUT2D eigenvalue weighted by molar-refractivity contribution is 6.30. The van der Waals surface area contributed by atoms with Crippen LogP contribution >= 0.6 is 11.6 Å². The van der Waals surface area contributed by atoms with E-state index in [0.29, 0.717) is 5.02 Å². The van der Waals surface area contributed by atoms with Crippen molar-refractivity contribution in [2.45, 2.75) is 0 Å². The van der Waals surface area contributed by atoms with Crippen molar-refractivity contribution in [1.29, 1.82) is 0 Å². The first kappa shape index (κ1) is 8.00. The normalized spacial score (nSPS) is 10.5. The van der Waals surface area contributed by atoms with Crippen LogP contribution < -0.4 is 0 Å². The number of carboxylic acid groups (broad SMARTS) is 1. The van der Waals surface area contributed by atoms with Crippen molar-refractivity contribution in [1.82, 2.24) is 14.6 Å². The third-order valence-corrected chi connectivity index (χ3v) is 1.75. The number of carboxylic acids is 1. The molecule has 0 aromatic carbocycles. The van der Waals surface area contributed by atoms with Gasteiger partial charge < -0.3 is 5.11 Å². The van der Waals surface area contributed by atoms with Gasteiger partial charge >= 0.3 is 5.97 Å². The third-order valence-electron chi connectivity index (χ3n) is 1.56. The summed E-state index contributed by atoms with van der Waals surface area (Å²) in [5.74, 6) is -1.05. The van der Waals surface area contributed by atoms with E-state index in [-0.39, 0.29) is 11.2 Å². The molecule has 6 heteroatoms. The number of halogens is 1. The molecular weight excluding hydrogens is 194 g/mol. The third kappa shape index (κ3) is 1.23. The fourth-order valence-corrected chi connectivity index (χ4v) is 1.14. The second kappa shape index (κ2) is 2.70. The van der Waals surface area contributed by atoms with Crippen LogP contribution in [0.1, 0.15) is 10.4 Å². The number of aromatic nitrogens is 3. The number of hydrogen-bond donors (Lipinski definition) is 1. The molecule has 13 heavy (non-hydrogen) atoms. The molecule has 0 aliphatic rings. The van der Waals surface area contributed by atoms with E-state index in [0.717, 1.165) is 0 Å². The van der Waals surface area contributed by atoms with Crippen LogP contribution in [0.3, 0.4) is 0 Å². The second-order valence-electron chi connectivity index (χ2n) is 2.40. The smallest absolute Gasteiger partial charge is 0.341 e. The molecule has 0 saturated heterocycles. The Hall–Kier alpha value is -1.62. The average Bonchev–Trinajstić information content (AvgIpc) is 2.46. The van der Waals surface area contributed by atoms with Gasteiger partial charge in [0.2, 0.25) is 0 Å². The van der Waals surface area contributed by atoms with E-state index in [1.807, 2.05) is 0 Å². The predicted molar refractivity (Wildman–Crippen MR) is 45.0 cm³/mol. The lowest BCUT2D eigenvalue weighted by Crippen LogP contribution is -1.97. The Morgan fingerprint density at radius 1 is 1.54 bits per heavy atom. The van der Waals surface area contributed by atoms with E-state index in [4.69, 9.17) is 16.7 Å². The molecule has 2 rings (SSSR count). The van der Waals surface area contributed by atoms with Crippen LogP contribution in [0.4, 0.5) is 0 Å². The Balaban J connectivity index is 2.76. The number of nitrogens with zero attached hydrogens (tertiary/aromatic N) is 3. The largest absolute Gasteiger partial charge is 0.477 e.